The largest absolute Gasteiger partial charge is 0.507 e. The number of hydrogen-bond acceptors (Lipinski definition) is 14. The minimum atomic E-state index is -0.838. The van der Waals surface area contributed by atoms with Crippen LogP contribution in [0.2, 0.25) is 0 Å². The number of nitrogens with one attached hydrogen (secondary N) is 2. The molecule has 2 amide bonds. The normalized spacial score (nSPS) is 19.2. The van der Waals surface area contributed by atoms with Crippen LogP contribution in [0.3, 0.4) is 0 Å². The van der Waals surface area contributed by atoms with E-state index in [2.05, 4.69) is 35.9 Å². The van der Waals surface area contributed by atoms with Crippen molar-refractivity contribution in [2.24, 2.45) is 5.92 Å². The molecule has 4 N–H and O–H groups in total. The summed E-state index contributed by atoms with van der Waals surface area (Å²) in [5.41, 5.74) is 7.45. The Kier molecular flexibility index (Phi) is 11.8. The molecule has 314 valence electrons. The van der Waals surface area contributed by atoms with Gasteiger partial charge < -0.3 is 35.0 Å². The summed E-state index contributed by atoms with van der Waals surface area (Å²) in [4.78, 5) is 37.1. The Morgan fingerprint density at radius 1 is 1.07 bits per heavy atom. The molecular formula is C43H50N10O6S. The molecule has 0 aliphatic carbocycles. The lowest BCUT2D eigenvalue weighted by molar-refractivity contribution is -0.141. The van der Waals surface area contributed by atoms with E-state index in [1.165, 1.54) is 4.90 Å². The van der Waals surface area contributed by atoms with Crippen LogP contribution in [0.5, 0.6) is 11.6 Å². The number of thiazole rings is 1. The molecule has 8 rings (SSSR count). The van der Waals surface area contributed by atoms with Gasteiger partial charge in [-0.1, -0.05) is 50.2 Å². The zero-order valence-corrected chi connectivity index (χ0v) is 35.1. The molecule has 0 radical (unpaired) electrons. The third-order valence-electron chi connectivity index (χ3n) is 11.5. The van der Waals surface area contributed by atoms with Gasteiger partial charge in [0, 0.05) is 51.3 Å². The van der Waals surface area contributed by atoms with E-state index >= 15 is 0 Å². The number of amides is 2. The number of phenolic OH excluding ortho intramolecular Hbond substituents is 1. The summed E-state index contributed by atoms with van der Waals surface area (Å²) in [6.07, 6.45) is 0.173. The molecule has 6 heterocycles. The molecule has 4 aromatic heterocycles. The molecule has 60 heavy (non-hydrogen) atoms. The van der Waals surface area contributed by atoms with Gasteiger partial charge in [-0.2, -0.15) is 5.10 Å². The predicted octanol–water partition coefficient (Wildman–Crippen LogP) is 5.57. The van der Waals surface area contributed by atoms with Crippen molar-refractivity contribution in [2.45, 2.75) is 70.7 Å². The maximum absolute atomic E-state index is 14.2. The molecule has 17 heteroatoms. The number of β-amino-alcohol motifs (C(OH)–C–C–N with tert-alkyl or cyclic N) is 1. The number of aromatic hydroxyl groups is 1. The molecule has 6 aromatic rings. The monoisotopic (exact) mass is 834 g/mol. The van der Waals surface area contributed by atoms with E-state index in [0.717, 1.165) is 46.7 Å². The second-order valence-corrected chi connectivity index (χ2v) is 16.8. The molecule has 2 aliphatic heterocycles. The van der Waals surface area contributed by atoms with Gasteiger partial charge in [0.1, 0.15) is 24.3 Å². The summed E-state index contributed by atoms with van der Waals surface area (Å²) in [5, 5.41) is 45.1. The fourth-order valence-electron chi connectivity index (χ4n) is 8.30. The molecule has 0 bridgehead atoms. The highest BCUT2D eigenvalue weighted by Crippen LogP contribution is 2.35. The van der Waals surface area contributed by atoms with Gasteiger partial charge in [-0.3, -0.25) is 19.2 Å². The number of carbonyl (C=O) groups is 2. The van der Waals surface area contributed by atoms with Gasteiger partial charge in [-0.25, -0.2) is 4.98 Å². The van der Waals surface area contributed by atoms with Gasteiger partial charge in [-0.05, 0) is 60.7 Å². The van der Waals surface area contributed by atoms with Crippen LogP contribution in [0, 0.1) is 12.8 Å². The number of carbonyl (C=O) groups excluding carboxylic acids is 2. The fourth-order valence-corrected chi connectivity index (χ4v) is 9.11. The summed E-state index contributed by atoms with van der Waals surface area (Å²) >= 11 is 1.59. The summed E-state index contributed by atoms with van der Waals surface area (Å²) < 4.78 is 13.7. The van der Waals surface area contributed by atoms with E-state index in [1.54, 1.807) is 36.6 Å². The molecule has 16 nitrogen and oxygen atoms in total. The van der Waals surface area contributed by atoms with Crippen LogP contribution < -0.4 is 15.4 Å². The van der Waals surface area contributed by atoms with Gasteiger partial charge in [0.05, 0.1) is 45.5 Å². The number of benzene rings is 2. The van der Waals surface area contributed by atoms with E-state index in [0.29, 0.717) is 41.5 Å². The van der Waals surface area contributed by atoms with Crippen molar-refractivity contribution < 1.29 is 29.1 Å². The first-order chi connectivity index (χ1) is 29.0. The number of hydrogen-bond donors (Lipinski definition) is 4. The Bertz CT molecular complexity index is 2470. The lowest BCUT2D eigenvalue weighted by atomic mass is 9.91. The molecule has 2 aliphatic rings. The number of aryl methyl sites for hydroxylation is 1. The Morgan fingerprint density at radius 2 is 1.87 bits per heavy atom. The van der Waals surface area contributed by atoms with Crippen LogP contribution in [-0.4, -0.2) is 114 Å². The minimum absolute atomic E-state index is 0.0432. The average molecular weight is 835 g/mol. The van der Waals surface area contributed by atoms with Crippen LogP contribution in [0.15, 0.2) is 70.7 Å². The maximum atomic E-state index is 14.2. The molecule has 2 fully saturated rings. The third kappa shape index (κ3) is 8.29. The van der Waals surface area contributed by atoms with Gasteiger partial charge >= 0.3 is 0 Å². The van der Waals surface area contributed by atoms with Crippen molar-refractivity contribution in [1.29, 1.82) is 0 Å². The Hall–Kier alpha value is -5.91. The Balaban J connectivity index is 0.875. The third-order valence-corrected chi connectivity index (χ3v) is 12.5. The first kappa shape index (κ1) is 40.9. The summed E-state index contributed by atoms with van der Waals surface area (Å²) in [6, 6.07) is 17.6. The zero-order chi connectivity index (χ0) is 42.1. The number of aromatic nitrogens is 6. The number of para-hydroxylation sites is 1. The average Bonchev–Trinajstić information content (AvgIpc) is 4.09. The van der Waals surface area contributed by atoms with E-state index in [9.17, 15) is 19.8 Å². The van der Waals surface area contributed by atoms with Crippen molar-refractivity contribution in [3.05, 3.63) is 83.2 Å². The fraction of sp³-hybridized carbons (Fsp3) is 0.419. The van der Waals surface area contributed by atoms with Gasteiger partial charge in [0.15, 0.2) is 17.1 Å². The highest BCUT2D eigenvalue weighted by molar-refractivity contribution is 7.13. The standard InChI is InChI=1S/C43H50N10O6S/c1-24(2)38(43(57)52-22-30(54)18-34(52)42(56)46-25(3)27-10-12-28(13-11-27)40-26(4)45-23-60-40)36-20-37(50-59-36)58-17-16-51-15-14-29(21-51)53-33-19-32(31-8-6-7-9-35(31)55)47-48-39(33)41(44-5)49-53/h6-13,19-20,23-25,29-30,34,38,54-55H,14-18,21-22H2,1-5H3,(H,44,49)(H,46,56)/t25-,29?,30+,34-,38?/m0/s1. The molecule has 5 atom stereocenters. The van der Waals surface area contributed by atoms with E-state index in [1.807, 2.05) is 80.4 Å². The molecule has 0 spiro atoms. The van der Waals surface area contributed by atoms with Crippen molar-refractivity contribution >= 4 is 40.0 Å². The number of aliphatic hydroxyl groups is 1. The highest BCUT2D eigenvalue weighted by Gasteiger charge is 2.43. The first-order valence-corrected chi connectivity index (χ1v) is 21.2. The van der Waals surface area contributed by atoms with E-state index in [-0.39, 0.29) is 54.4 Å². The molecular weight excluding hydrogens is 785 g/mol. The Labute approximate surface area is 351 Å². The van der Waals surface area contributed by atoms with Gasteiger partial charge in [0.2, 0.25) is 11.8 Å². The minimum Gasteiger partial charge on any atom is -0.507 e. The number of anilines is 1. The van der Waals surface area contributed by atoms with E-state index < -0.39 is 18.1 Å². The molecule has 2 saturated heterocycles. The topological polar surface area (TPSA) is 197 Å². The second-order valence-electron chi connectivity index (χ2n) is 15.9. The number of ether oxygens (including phenoxy) is 1. The lowest BCUT2D eigenvalue weighted by Crippen LogP contribution is -2.48. The summed E-state index contributed by atoms with van der Waals surface area (Å²) in [7, 11) is 1.80. The van der Waals surface area contributed by atoms with E-state index in [4.69, 9.17) is 14.4 Å². The quantitative estimate of drug-likeness (QED) is 0.107. The maximum Gasteiger partial charge on any atom is 0.254 e. The zero-order valence-electron chi connectivity index (χ0n) is 34.3. The number of aliphatic hydroxyl groups excluding tert-OH is 1. The molecule has 0 saturated carbocycles. The number of rotatable bonds is 14. The number of nitrogens with zero attached hydrogens (tertiary/aromatic N) is 8. The van der Waals surface area contributed by atoms with Crippen molar-refractivity contribution in [1.82, 2.24) is 45.2 Å². The summed E-state index contributed by atoms with van der Waals surface area (Å²) in [5.74, 6) is -0.178. The number of fused-ring (bicyclic) bond motifs is 1. The van der Waals surface area contributed by atoms with Crippen molar-refractivity contribution in [3.8, 4) is 33.3 Å². The highest BCUT2D eigenvalue weighted by atomic mass is 32.1. The number of likely N-dealkylation sites (tertiary alicyclic amines) is 2. The second kappa shape index (κ2) is 17.4. The van der Waals surface area contributed by atoms with Crippen LogP contribution in [0.25, 0.3) is 32.7 Å². The van der Waals surface area contributed by atoms with Crippen molar-refractivity contribution in [3.63, 3.8) is 0 Å². The van der Waals surface area contributed by atoms with Crippen LogP contribution in [0.1, 0.15) is 68.6 Å². The van der Waals surface area contributed by atoms with Gasteiger partial charge in [-0.15, -0.1) is 21.5 Å². The van der Waals surface area contributed by atoms with Crippen LogP contribution in [0.4, 0.5) is 5.82 Å². The SMILES string of the molecule is CNc1nn(C2CCN(CCOc3cc(C(C(=O)N4C[C@H](O)C[C@H]4C(=O)N[C@@H](C)c4ccc(-c5scnc5C)cc4)C(C)C)on3)C2)c2cc(-c3ccccc3O)nnc12. The Morgan fingerprint density at radius 3 is 2.60 bits per heavy atom. The predicted molar refractivity (Wildman–Crippen MR) is 227 cm³/mol. The van der Waals surface area contributed by atoms with Crippen molar-refractivity contribution in [2.75, 3.05) is 45.2 Å². The number of phenols is 1. The first-order valence-electron chi connectivity index (χ1n) is 20.3. The van der Waals surface area contributed by atoms with Crippen LogP contribution in [-0.2, 0) is 9.59 Å². The summed E-state index contributed by atoms with van der Waals surface area (Å²) in [6.45, 7) is 10.3. The van der Waals surface area contributed by atoms with Gasteiger partial charge in [0.25, 0.3) is 5.88 Å². The van der Waals surface area contributed by atoms with Crippen LogP contribution >= 0.6 is 11.3 Å². The lowest BCUT2D eigenvalue weighted by Gasteiger charge is -2.29. The molecule has 2 unspecified atom stereocenters. The molecule has 2 aromatic carbocycles. The smallest absolute Gasteiger partial charge is 0.254 e.